The number of aromatic nitrogens is 5. The molecule has 0 saturated heterocycles. The summed E-state index contributed by atoms with van der Waals surface area (Å²) in [5.74, 6) is 0.224. The number of hydrogen-bond acceptors (Lipinski definition) is 6. The number of benzene rings is 1. The smallest absolute Gasteiger partial charge is 0.332 e. The Bertz CT molecular complexity index is 1360. The largest absolute Gasteiger partial charge is 0.428 e. The Morgan fingerprint density at radius 1 is 1.13 bits per heavy atom. The van der Waals surface area contributed by atoms with E-state index >= 15 is 0 Å². The summed E-state index contributed by atoms with van der Waals surface area (Å²) in [6.45, 7) is 1.75. The molecule has 0 radical (unpaired) electrons. The number of rotatable bonds is 5. The van der Waals surface area contributed by atoms with Crippen molar-refractivity contribution >= 4 is 23.1 Å². The van der Waals surface area contributed by atoms with E-state index in [1.807, 2.05) is 37.3 Å². The van der Waals surface area contributed by atoms with Crippen molar-refractivity contribution in [1.82, 2.24) is 23.7 Å². The normalized spacial score (nSPS) is 11.2. The van der Waals surface area contributed by atoms with Crippen LogP contribution < -0.4 is 16.6 Å². The maximum atomic E-state index is 12.6. The second-order valence-electron chi connectivity index (χ2n) is 6.81. The molecule has 0 aliphatic heterocycles. The zero-order valence-corrected chi connectivity index (χ0v) is 16.7. The topological polar surface area (TPSA) is 117 Å². The van der Waals surface area contributed by atoms with Gasteiger partial charge in [0.15, 0.2) is 11.2 Å². The Balaban J connectivity index is 1.62. The standard InChI is InChI=1S/C20H20N6O4/c1-4-13-15(12-8-6-5-7-9-12)23-19(30-13)22-14(27)10-26-11-21-17-16(26)18(28)25(3)20(29)24(17)2/h5-9,11H,4,10H2,1-3H3,(H,22,23,27). The van der Waals surface area contributed by atoms with Crippen LogP contribution in [0.15, 0.2) is 50.7 Å². The van der Waals surface area contributed by atoms with Crippen LogP contribution in [-0.2, 0) is 31.9 Å². The molecule has 1 aromatic carbocycles. The minimum absolute atomic E-state index is 0.0837. The zero-order valence-electron chi connectivity index (χ0n) is 16.7. The molecular formula is C20H20N6O4. The van der Waals surface area contributed by atoms with Crippen molar-refractivity contribution < 1.29 is 9.21 Å². The molecule has 3 heterocycles. The number of aryl methyl sites for hydroxylation is 2. The van der Waals surface area contributed by atoms with E-state index in [1.165, 1.54) is 29.6 Å². The first-order valence-electron chi connectivity index (χ1n) is 9.36. The number of fused-ring (bicyclic) bond motifs is 1. The zero-order chi connectivity index (χ0) is 21.4. The molecule has 154 valence electrons. The van der Waals surface area contributed by atoms with Crippen LogP contribution in [0.4, 0.5) is 6.01 Å². The van der Waals surface area contributed by atoms with Crippen molar-refractivity contribution in [2.45, 2.75) is 19.9 Å². The Hall–Kier alpha value is -3.95. The molecule has 10 nitrogen and oxygen atoms in total. The lowest BCUT2D eigenvalue weighted by Crippen LogP contribution is -2.37. The summed E-state index contributed by atoms with van der Waals surface area (Å²) in [4.78, 5) is 45.6. The third-order valence-electron chi connectivity index (χ3n) is 4.84. The summed E-state index contributed by atoms with van der Waals surface area (Å²) in [6, 6.07) is 9.63. The van der Waals surface area contributed by atoms with Crippen molar-refractivity contribution in [3.05, 3.63) is 63.3 Å². The number of carbonyl (C=O) groups is 1. The highest BCUT2D eigenvalue weighted by Gasteiger charge is 2.18. The highest BCUT2D eigenvalue weighted by molar-refractivity contribution is 5.89. The van der Waals surface area contributed by atoms with E-state index in [2.05, 4.69) is 15.3 Å². The van der Waals surface area contributed by atoms with Crippen molar-refractivity contribution in [3.63, 3.8) is 0 Å². The first kappa shape index (κ1) is 19.4. The maximum Gasteiger partial charge on any atom is 0.332 e. The van der Waals surface area contributed by atoms with Gasteiger partial charge in [-0.25, -0.2) is 9.78 Å². The number of imidazole rings is 1. The van der Waals surface area contributed by atoms with Crippen LogP contribution in [0.3, 0.4) is 0 Å². The van der Waals surface area contributed by atoms with Gasteiger partial charge in [0.1, 0.15) is 18.0 Å². The minimum atomic E-state index is -0.519. The van der Waals surface area contributed by atoms with Crippen molar-refractivity contribution in [1.29, 1.82) is 0 Å². The predicted octanol–water partition coefficient (Wildman–Crippen LogP) is 1.29. The number of carbonyl (C=O) groups excluding carboxylic acids is 1. The van der Waals surface area contributed by atoms with Crippen LogP contribution in [-0.4, -0.2) is 29.6 Å². The molecule has 10 heteroatoms. The van der Waals surface area contributed by atoms with Gasteiger partial charge in [-0.2, -0.15) is 4.98 Å². The van der Waals surface area contributed by atoms with Gasteiger partial charge in [0.2, 0.25) is 5.91 Å². The second-order valence-corrected chi connectivity index (χ2v) is 6.81. The molecule has 0 fully saturated rings. The van der Waals surface area contributed by atoms with Crippen LogP contribution in [0.5, 0.6) is 0 Å². The Labute approximate surface area is 170 Å². The summed E-state index contributed by atoms with van der Waals surface area (Å²) in [5, 5.41) is 2.63. The fourth-order valence-electron chi connectivity index (χ4n) is 3.30. The molecule has 0 bridgehead atoms. The Morgan fingerprint density at radius 3 is 2.57 bits per heavy atom. The highest BCUT2D eigenvalue weighted by atomic mass is 16.4. The average Bonchev–Trinajstić information content (AvgIpc) is 3.35. The van der Waals surface area contributed by atoms with Crippen molar-refractivity contribution in [3.8, 4) is 11.3 Å². The lowest BCUT2D eigenvalue weighted by molar-refractivity contribution is -0.116. The predicted molar refractivity (Wildman–Crippen MR) is 110 cm³/mol. The van der Waals surface area contributed by atoms with Crippen LogP contribution in [0, 0.1) is 0 Å². The van der Waals surface area contributed by atoms with Gasteiger partial charge in [-0.3, -0.25) is 24.0 Å². The third kappa shape index (κ3) is 3.21. The van der Waals surface area contributed by atoms with E-state index in [4.69, 9.17) is 4.42 Å². The summed E-state index contributed by atoms with van der Waals surface area (Å²) >= 11 is 0. The van der Waals surface area contributed by atoms with Gasteiger partial charge in [-0.05, 0) is 0 Å². The minimum Gasteiger partial charge on any atom is -0.428 e. The molecule has 30 heavy (non-hydrogen) atoms. The number of nitrogens with one attached hydrogen (secondary N) is 1. The molecule has 0 atom stereocenters. The van der Waals surface area contributed by atoms with Gasteiger partial charge < -0.3 is 8.98 Å². The molecule has 1 N–H and O–H groups in total. The summed E-state index contributed by atoms with van der Waals surface area (Å²) in [7, 11) is 2.90. The van der Waals surface area contributed by atoms with E-state index in [9.17, 15) is 14.4 Å². The Kier molecular flexibility index (Phi) is 4.82. The lowest BCUT2D eigenvalue weighted by Gasteiger charge is -2.06. The van der Waals surface area contributed by atoms with Crippen LogP contribution >= 0.6 is 0 Å². The molecule has 0 aliphatic rings. The molecular weight excluding hydrogens is 388 g/mol. The average molecular weight is 408 g/mol. The van der Waals surface area contributed by atoms with Gasteiger partial charge in [-0.1, -0.05) is 37.3 Å². The van der Waals surface area contributed by atoms with Gasteiger partial charge in [-0.15, -0.1) is 0 Å². The quantitative estimate of drug-likeness (QED) is 0.532. The monoisotopic (exact) mass is 408 g/mol. The molecule has 1 amide bonds. The second kappa shape index (κ2) is 7.47. The van der Waals surface area contributed by atoms with Crippen LogP contribution in [0.1, 0.15) is 12.7 Å². The Morgan fingerprint density at radius 2 is 1.87 bits per heavy atom. The van der Waals surface area contributed by atoms with Crippen molar-refractivity contribution in [2.24, 2.45) is 14.1 Å². The summed E-state index contributed by atoms with van der Waals surface area (Å²) in [5.41, 5.74) is 0.943. The first-order valence-corrected chi connectivity index (χ1v) is 9.36. The molecule has 0 saturated carbocycles. The number of hydrogen-bond donors (Lipinski definition) is 1. The highest BCUT2D eigenvalue weighted by Crippen LogP contribution is 2.26. The van der Waals surface area contributed by atoms with Gasteiger partial charge in [0.25, 0.3) is 5.56 Å². The van der Waals surface area contributed by atoms with E-state index in [0.717, 1.165) is 10.1 Å². The number of oxazole rings is 1. The fourth-order valence-corrected chi connectivity index (χ4v) is 3.30. The van der Waals surface area contributed by atoms with Crippen molar-refractivity contribution in [2.75, 3.05) is 5.32 Å². The molecule has 4 rings (SSSR count). The summed E-state index contributed by atoms with van der Waals surface area (Å²) in [6.07, 6.45) is 1.97. The fraction of sp³-hybridized carbons (Fsp3) is 0.250. The molecule has 0 spiro atoms. The molecule has 0 unspecified atom stereocenters. The number of amides is 1. The van der Waals surface area contributed by atoms with E-state index in [-0.39, 0.29) is 23.7 Å². The SMILES string of the molecule is CCc1oc(NC(=O)Cn2cnc3c2c(=O)n(C)c(=O)n3C)nc1-c1ccccc1. The van der Waals surface area contributed by atoms with Gasteiger partial charge in [0, 0.05) is 26.1 Å². The lowest BCUT2D eigenvalue weighted by atomic mass is 10.1. The summed E-state index contributed by atoms with van der Waals surface area (Å²) < 4.78 is 9.33. The van der Waals surface area contributed by atoms with Crippen LogP contribution in [0.2, 0.25) is 0 Å². The first-order chi connectivity index (χ1) is 14.4. The number of anilines is 1. The van der Waals surface area contributed by atoms with Gasteiger partial charge in [0.05, 0.1) is 6.33 Å². The van der Waals surface area contributed by atoms with Gasteiger partial charge >= 0.3 is 11.7 Å². The number of nitrogens with zero attached hydrogens (tertiary/aromatic N) is 5. The van der Waals surface area contributed by atoms with Crippen LogP contribution in [0.25, 0.3) is 22.4 Å². The van der Waals surface area contributed by atoms with E-state index in [0.29, 0.717) is 17.9 Å². The maximum absolute atomic E-state index is 12.6. The van der Waals surface area contributed by atoms with E-state index < -0.39 is 17.2 Å². The molecule has 0 aliphatic carbocycles. The third-order valence-corrected chi connectivity index (χ3v) is 4.84. The molecule has 3 aromatic heterocycles. The van der Waals surface area contributed by atoms with E-state index in [1.54, 1.807) is 0 Å². The molecule has 4 aromatic rings.